The molecule has 0 aromatic heterocycles. The van der Waals surface area contributed by atoms with Crippen LogP contribution in [0.4, 0.5) is 0 Å². The Morgan fingerprint density at radius 3 is 1.48 bits per heavy atom. The van der Waals surface area contributed by atoms with Gasteiger partial charge in [-0.1, -0.05) is 133 Å². The molecule has 0 aliphatic carbocycles. The van der Waals surface area contributed by atoms with Crippen LogP contribution in [0.1, 0.15) is 174 Å². The molecule has 0 amide bonds. The first-order chi connectivity index (χ1) is 26.1. The molecule has 0 heterocycles. The van der Waals surface area contributed by atoms with Crippen molar-refractivity contribution in [2.45, 2.75) is 187 Å². The minimum absolute atomic E-state index is 0.0500. The molecule has 54 heavy (non-hydrogen) atoms. The summed E-state index contributed by atoms with van der Waals surface area (Å²) in [7, 11) is 5.51. The highest BCUT2D eigenvalue weighted by Gasteiger charge is 2.31. The first-order valence-corrected chi connectivity index (χ1v) is 21.7. The van der Waals surface area contributed by atoms with Gasteiger partial charge in [-0.15, -0.1) is 0 Å². The number of carbonyl (C=O) groups is 3. The number of ether oxygens (including phenoxy) is 3. The second-order valence-electron chi connectivity index (χ2n) is 15.6. The van der Waals surface area contributed by atoms with E-state index in [2.05, 4.69) is 62.5 Å². The zero-order valence-electron chi connectivity index (χ0n) is 35.4. The van der Waals surface area contributed by atoms with E-state index in [-0.39, 0.29) is 36.2 Å². The van der Waals surface area contributed by atoms with E-state index in [0.29, 0.717) is 19.3 Å². The summed E-state index contributed by atoms with van der Waals surface area (Å²) >= 11 is 0. The summed E-state index contributed by atoms with van der Waals surface area (Å²) in [5.41, 5.74) is 0. The Labute approximate surface area is 331 Å². The Hall–Kier alpha value is -2.71. The van der Waals surface area contributed by atoms with Gasteiger partial charge in [-0.05, 0) is 70.6 Å². The molecule has 0 saturated heterocycles. The van der Waals surface area contributed by atoms with Gasteiger partial charge in [-0.2, -0.15) is 0 Å². The molecule has 0 bridgehead atoms. The highest BCUT2D eigenvalue weighted by molar-refractivity contribution is 5.72. The van der Waals surface area contributed by atoms with Crippen LogP contribution in [-0.2, 0) is 28.6 Å². The van der Waals surface area contributed by atoms with Gasteiger partial charge in [0.15, 0.2) is 12.1 Å². The molecule has 8 heteroatoms. The summed E-state index contributed by atoms with van der Waals surface area (Å²) in [5.74, 6) is -1.51. The van der Waals surface area contributed by atoms with Crippen molar-refractivity contribution in [3.05, 3.63) is 48.6 Å². The fourth-order valence-electron chi connectivity index (χ4n) is 6.02. The molecule has 0 spiro atoms. The lowest BCUT2D eigenvalue weighted by Gasteiger charge is -2.31. The number of unbranched alkanes of at least 4 members (excludes halogenated alkanes) is 16. The Morgan fingerprint density at radius 2 is 1.00 bits per heavy atom. The molecule has 1 N–H and O–H groups in total. The molecule has 0 aromatic carbocycles. The summed E-state index contributed by atoms with van der Waals surface area (Å²) in [4.78, 5) is 36.9. The number of aliphatic carboxylic acids is 1. The fourth-order valence-corrected chi connectivity index (χ4v) is 6.02. The number of likely N-dealkylation sites (N-methyl/N-ethyl adjacent to an activating group) is 1. The maximum Gasteiger partial charge on any atom is 0.362 e. The number of quaternary nitrogens is 1. The largest absolute Gasteiger partial charge is 0.477 e. The van der Waals surface area contributed by atoms with Gasteiger partial charge in [0, 0.05) is 19.3 Å². The van der Waals surface area contributed by atoms with Gasteiger partial charge in [-0.25, -0.2) is 4.79 Å². The summed E-state index contributed by atoms with van der Waals surface area (Å²) in [6, 6.07) is -0.620. The Morgan fingerprint density at radius 1 is 0.556 bits per heavy atom. The molecule has 0 aliphatic rings. The Kier molecular flexibility index (Phi) is 35.4. The second-order valence-corrected chi connectivity index (χ2v) is 15.6. The van der Waals surface area contributed by atoms with E-state index in [9.17, 15) is 19.5 Å². The van der Waals surface area contributed by atoms with Gasteiger partial charge < -0.3 is 23.8 Å². The third-order valence-electron chi connectivity index (χ3n) is 9.45. The van der Waals surface area contributed by atoms with Crippen molar-refractivity contribution < 1.29 is 38.2 Å². The van der Waals surface area contributed by atoms with Crippen molar-refractivity contribution in [2.75, 3.05) is 41.0 Å². The number of hydrogen-bond acceptors (Lipinski definition) is 6. The van der Waals surface area contributed by atoms with E-state index in [1.807, 2.05) is 21.1 Å². The lowest BCUT2D eigenvalue weighted by atomic mass is 10.1. The van der Waals surface area contributed by atoms with Crippen LogP contribution >= 0.6 is 0 Å². The third-order valence-corrected chi connectivity index (χ3v) is 9.45. The Balaban J connectivity index is 4.41. The van der Waals surface area contributed by atoms with E-state index in [1.54, 1.807) is 0 Å². The minimum atomic E-state index is -0.881. The number of rotatable bonds is 38. The highest BCUT2D eigenvalue weighted by Crippen LogP contribution is 2.13. The lowest BCUT2D eigenvalue weighted by molar-refractivity contribution is -0.887. The molecule has 0 aliphatic heterocycles. The van der Waals surface area contributed by atoms with E-state index < -0.39 is 18.1 Å². The minimum Gasteiger partial charge on any atom is -0.477 e. The first kappa shape index (κ1) is 51.3. The third kappa shape index (κ3) is 35.0. The summed E-state index contributed by atoms with van der Waals surface area (Å²) < 4.78 is 17.2. The van der Waals surface area contributed by atoms with Gasteiger partial charge in [-0.3, -0.25) is 9.59 Å². The molecule has 312 valence electrons. The molecule has 0 saturated carbocycles. The monoisotopic (exact) mass is 761 g/mol. The van der Waals surface area contributed by atoms with Gasteiger partial charge in [0.1, 0.15) is 6.61 Å². The van der Waals surface area contributed by atoms with Crippen LogP contribution in [0, 0.1) is 0 Å². The predicted molar refractivity (Wildman–Crippen MR) is 224 cm³/mol. The molecule has 0 radical (unpaired) electrons. The number of hydrogen-bond donors (Lipinski definition) is 1. The second kappa shape index (κ2) is 37.2. The smallest absolute Gasteiger partial charge is 0.362 e. The topological polar surface area (TPSA) is 99.1 Å². The maximum atomic E-state index is 12.7. The molecule has 0 aromatic rings. The molecule has 8 nitrogen and oxygen atoms in total. The number of carboxylic acids is 1. The van der Waals surface area contributed by atoms with Crippen molar-refractivity contribution in [2.24, 2.45) is 0 Å². The summed E-state index contributed by atoms with van der Waals surface area (Å²) in [5, 5.41) is 9.61. The number of nitrogens with zero attached hydrogens (tertiary/aromatic N) is 1. The molecular formula is C46H82NO7+. The fraction of sp³-hybridized carbons (Fsp3) is 0.761. The van der Waals surface area contributed by atoms with Crippen LogP contribution < -0.4 is 0 Å². The SMILES string of the molecule is CCCC/C=C\C/C=C\CCCCCCCC(=O)OCC(COCCC(C(=O)O)[N+](C)(C)C)OC(=O)CCCCCCC/C=C\C/C=C\CCCCCC. The van der Waals surface area contributed by atoms with Crippen molar-refractivity contribution in [1.29, 1.82) is 0 Å². The highest BCUT2D eigenvalue weighted by atomic mass is 16.6. The van der Waals surface area contributed by atoms with Crippen LogP contribution in [0.15, 0.2) is 48.6 Å². The average Bonchev–Trinajstić information content (AvgIpc) is 3.12. The molecule has 0 rings (SSSR count). The van der Waals surface area contributed by atoms with E-state index in [1.165, 1.54) is 51.4 Å². The van der Waals surface area contributed by atoms with Crippen molar-refractivity contribution >= 4 is 17.9 Å². The predicted octanol–water partition coefficient (Wildman–Crippen LogP) is 11.6. The molecular weight excluding hydrogens is 679 g/mol. The van der Waals surface area contributed by atoms with Gasteiger partial charge >= 0.3 is 17.9 Å². The lowest BCUT2D eigenvalue weighted by Crippen LogP contribution is -2.50. The van der Waals surface area contributed by atoms with Crippen LogP contribution in [0.3, 0.4) is 0 Å². The maximum absolute atomic E-state index is 12.7. The summed E-state index contributed by atoms with van der Waals surface area (Å²) in [6.45, 7) is 4.64. The number of allylic oxidation sites excluding steroid dienone is 8. The van der Waals surface area contributed by atoms with Gasteiger partial charge in [0.05, 0.1) is 34.4 Å². The van der Waals surface area contributed by atoms with Gasteiger partial charge in [0.25, 0.3) is 0 Å². The normalized spacial score (nSPS) is 13.4. The van der Waals surface area contributed by atoms with E-state index in [4.69, 9.17) is 14.2 Å². The van der Waals surface area contributed by atoms with Crippen molar-refractivity contribution in [3.63, 3.8) is 0 Å². The average molecular weight is 761 g/mol. The van der Waals surface area contributed by atoms with Crippen LogP contribution in [0.25, 0.3) is 0 Å². The zero-order chi connectivity index (χ0) is 40.0. The number of carbonyl (C=O) groups excluding carboxylic acids is 2. The van der Waals surface area contributed by atoms with Crippen LogP contribution in [0.5, 0.6) is 0 Å². The van der Waals surface area contributed by atoms with Crippen molar-refractivity contribution in [3.8, 4) is 0 Å². The Bertz CT molecular complexity index is 1030. The quantitative estimate of drug-likeness (QED) is 0.0289. The number of esters is 2. The molecule has 0 fully saturated rings. The molecule has 2 atom stereocenters. The van der Waals surface area contributed by atoms with Crippen LogP contribution in [-0.4, -0.2) is 80.6 Å². The summed E-state index contributed by atoms with van der Waals surface area (Å²) in [6.07, 6.45) is 42.9. The standard InChI is InChI=1S/C46H81NO7/c1-6-8-10-12-14-16-18-20-22-23-25-27-29-31-33-35-37-45(49)54-42(40-52-39-38-43(46(50)51)47(3,4)5)41-53-44(48)36-34-32-30-28-26-24-21-19-17-15-13-11-9-7-2/h13,15-16,18-19,21-23,42-43H,6-12,14,17,20,24-41H2,1-5H3/p+1/b15-13-,18-16-,21-19-,23-22-. The first-order valence-electron chi connectivity index (χ1n) is 21.7. The van der Waals surface area contributed by atoms with Crippen molar-refractivity contribution in [1.82, 2.24) is 0 Å². The molecule has 2 unspecified atom stereocenters. The van der Waals surface area contributed by atoms with Crippen LogP contribution in [0.2, 0.25) is 0 Å². The number of carboxylic acid groups (broad SMARTS) is 1. The van der Waals surface area contributed by atoms with Gasteiger partial charge in [0.2, 0.25) is 0 Å². The van der Waals surface area contributed by atoms with E-state index >= 15 is 0 Å². The zero-order valence-corrected chi connectivity index (χ0v) is 35.4. The van der Waals surface area contributed by atoms with E-state index in [0.717, 1.165) is 89.9 Å².